The molecule has 0 spiro atoms. The zero-order chi connectivity index (χ0) is 74.4. The summed E-state index contributed by atoms with van der Waals surface area (Å²) < 4.78 is 0. The molecule has 6 saturated carbocycles. The molecule has 558 valence electrons. The van der Waals surface area contributed by atoms with Crippen molar-refractivity contribution in [2.75, 3.05) is 0 Å². The maximum Gasteiger partial charge on any atom is -0.0329 e. The molecule has 91 heavy (non-hydrogen) atoms. The van der Waals surface area contributed by atoms with Gasteiger partial charge in [0, 0.05) is 0 Å². The minimum Gasteiger partial charge on any atom is -0.0683 e. The first-order valence-corrected chi connectivity index (χ1v) is 40.8. The first-order chi connectivity index (χ1) is 40.8. The molecule has 6 rings (SSSR count). The molecule has 10 unspecified atom stereocenters. The Balaban J connectivity index is -0.000000230. The number of rotatable bonds is 0. The molecule has 0 aromatic heterocycles. The van der Waals surface area contributed by atoms with E-state index in [0.29, 0.717) is 65.0 Å². The normalized spacial score (nSPS) is 27.2. The summed E-state index contributed by atoms with van der Waals surface area (Å²) in [7, 11) is 0. The van der Waals surface area contributed by atoms with Gasteiger partial charge in [0.1, 0.15) is 0 Å². The summed E-state index contributed by atoms with van der Waals surface area (Å²) in [5, 5.41) is 0. The molecule has 0 aromatic rings. The third-order valence-electron chi connectivity index (χ3n) is 22.9. The van der Waals surface area contributed by atoms with Crippen LogP contribution in [0.3, 0.4) is 0 Å². The molecule has 0 radical (unpaired) electrons. The maximum atomic E-state index is 2.42. The quantitative estimate of drug-likeness (QED) is 0.227. The predicted molar refractivity (Wildman–Crippen MR) is 431 cm³/mol. The lowest BCUT2D eigenvalue weighted by molar-refractivity contribution is 0.0335. The van der Waals surface area contributed by atoms with Crippen molar-refractivity contribution in [1.29, 1.82) is 0 Å². The average Bonchev–Trinajstić information content (AvgIpc) is 1.66. The topological polar surface area (TPSA) is 0 Å². The van der Waals surface area contributed by atoms with Crippen molar-refractivity contribution in [1.82, 2.24) is 0 Å². The lowest BCUT2D eigenvalue weighted by Crippen LogP contribution is -2.38. The van der Waals surface area contributed by atoms with Crippen LogP contribution in [0.5, 0.6) is 0 Å². The molecule has 6 aliphatic carbocycles. The smallest absolute Gasteiger partial charge is 0.0329 e. The van der Waals surface area contributed by atoms with Crippen LogP contribution in [-0.4, -0.2) is 0 Å². The Morgan fingerprint density at radius 2 is 0.275 bits per heavy atom. The van der Waals surface area contributed by atoms with Gasteiger partial charge in [-0.3, -0.25) is 0 Å². The molecule has 0 bridgehead atoms. The van der Waals surface area contributed by atoms with E-state index in [1.165, 1.54) is 122 Å². The van der Waals surface area contributed by atoms with Crippen LogP contribution in [-0.2, 0) is 0 Å². The highest BCUT2D eigenvalue weighted by molar-refractivity contribution is 5.00. The average molecular weight is 1290 g/mol. The second kappa shape index (κ2) is 44.2. The molecule has 0 aliphatic heterocycles. The van der Waals surface area contributed by atoms with E-state index in [4.69, 9.17) is 0 Å². The van der Waals surface area contributed by atoms with Gasteiger partial charge in [0.25, 0.3) is 0 Å². The molecule has 0 nitrogen and oxygen atoms in total. The fourth-order valence-electron chi connectivity index (χ4n) is 16.5. The van der Waals surface area contributed by atoms with Gasteiger partial charge in [0.15, 0.2) is 0 Å². The standard InChI is InChI=1S/3C14H28.2C13H26.C11H22.6C2H6/c1-13(2,3)11-7-9-12(10-8-11)14(4,5)6;1-13(2,3)11-8-7-9-12(10-11)14(4,5)6;1-13(2,3)11-9-7-8-10-12(11)14(4,5)6;1-12(2,3)10-7-8-11(9-10)13(4,5)6;1-12(2,3)10-8-7-9-11(10)13(4,5)6;1-10(2,3)8-7-9(8)11(4,5)6;6*1-2/h3*11-12H,7-10H2,1-6H3;2*10-11H,7-9H2,1-6H3;8-9H,7H2,1-6H3;6*1-2H3. The molecule has 0 aromatic carbocycles. The van der Waals surface area contributed by atoms with Crippen LogP contribution in [0.2, 0.25) is 0 Å². The van der Waals surface area contributed by atoms with E-state index in [0.717, 1.165) is 71.0 Å². The van der Waals surface area contributed by atoms with Gasteiger partial charge < -0.3 is 0 Å². The molecule has 6 aliphatic rings. The summed E-state index contributed by atoms with van der Waals surface area (Å²) >= 11 is 0. The zero-order valence-corrected chi connectivity index (χ0v) is 74.4. The Morgan fingerprint density at radius 1 is 0.132 bits per heavy atom. The lowest BCUT2D eigenvalue weighted by Gasteiger charge is -2.46. The van der Waals surface area contributed by atoms with Crippen molar-refractivity contribution in [2.24, 2.45) is 136 Å². The molecular formula is C91H194. The first-order valence-electron chi connectivity index (χ1n) is 40.8. The second-order valence-corrected chi connectivity index (χ2v) is 41.8. The largest absolute Gasteiger partial charge is 0.0683 e. The van der Waals surface area contributed by atoms with Crippen LogP contribution >= 0.6 is 0 Å². The van der Waals surface area contributed by atoms with Crippen LogP contribution in [0.1, 0.15) is 454 Å². The van der Waals surface area contributed by atoms with Crippen molar-refractivity contribution in [2.45, 2.75) is 454 Å². The minimum absolute atomic E-state index is 0.498. The summed E-state index contributed by atoms with van der Waals surface area (Å²) in [5.41, 5.74) is 6.25. The van der Waals surface area contributed by atoms with Gasteiger partial charge in [-0.15, -0.1) is 0 Å². The van der Waals surface area contributed by atoms with Crippen LogP contribution in [0.25, 0.3) is 0 Å². The lowest BCUT2D eigenvalue weighted by atomic mass is 9.59. The van der Waals surface area contributed by atoms with E-state index in [9.17, 15) is 0 Å². The van der Waals surface area contributed by atoms with Crippen molar-refractivity contribution in [3.05, 3.63) is 0 Å². The summed E-state index contributed by atoms with van der Waals surface area (Å²) in [6.45, 7) is 110. The van der Waals surface area contributed by atoms with Crippen LogP contribution in [0, 0.1) is 136 Å². The van der Waals surface area contributed by atoms with E-state index in [2.05, 4.69) is 249 Å². The third-order valence-corrected chi connectivity index (χ3v) is 22.9. The minimum atomic E-state index is 0.498. The molecular weight excluding hydrogens is 1090 g/mol. The zero-order valence-electron chi connectivity index (χ0n) is 74.4. The molecule has 10 atom stereocenters. The Kier molecular flexibility index (Phi) is 49.6. The monoisotopic (exact) mass is 1290 g/mol. The Morgan fingerprint density at radius 3 is 0.418 bits per heavy atom. The second-order valence-electron chi connectivity index (χ2n) is 41.8. The van der Waals surface area contributed by atoms with Crippen molar-refractivity contribution in [3.63, 3.8) is 0 Å². The predicted octanol–water partition coefficient (Wildman–Crippen LogP) is 33.5. The highest BCUT2D eigenvalue weighted by atomic mass is 14.6. The number of hydrogen-bond donors (Lipinski definition) is 0. The molecule has 0 heteroatoms. The van der Waals surface area contributed by atoms with Crippen LogP contribution in [0.4, 0.5) is 0 Å². The van der Waals surface area contributed by atoms with Crippen molar-refractivity contribution in [3.8, 4) is 0 Å². The van der Waals surface area contributed by atoms with E-state index < -0.39 is 0 Å². The number of hydrogen-bond acceptors (Lipinski definition) is 0. The summed E-state index contributed by atoms with van der Waals surface area (Å²) in [5.74, 6) is 11.4. The fraction of sp³-hybridized carbons (Fsp3) is 1.00. The van der Waals surface area contributed by atoms with Gasteiger partial charge >= 0.3 is 0 Å². The molecule has 0 N–H and O–H groups in total. The van der Waals surface area contributed by atoms with Gasteiger partial charge in [-0.2, -0.15) is 0 Å². The van der Waals surface area contributed by atoms with Crippen LogP contribution in [0.15, 0.2) is 0 Å². The SMILES string of the molecule is CC.CC.CC.CC.CC.CC.CC(C)(C)C1CC1C(C)(C)C.CC(C)(C)C1CCC(C(C)(C)C)C1.CC(C)(C)C1CCC(C(C)(C)C)CC1.CC(C)(C)C1CCCC(C(C)(C)C)C1.CC(C)(C)C1CCCC1C(C)(C)C.CC(C)(C)C1CCCCC1C(C)(C)C. The van der Waals surface area contributed by atoms with Gasteiger partial charge in [-0.1, -0.05) is 358 Å². The molecule has 0 amide bonds. The molecule has 6 fully saturated rings. The van der Waals surface area contributed by atoms with E-state index >= 15 is 0 Å². The van der Waals surface area contributed by atoms with Gasteiger partial charge in [0.05, 0.1) is 0 Å². The van der Waals surface area contributed by atoms with E-state index in [1.54, 1.807) is 0 Å². The molecule has 0 heterocycles. The molecule has 0 saturated heterocycles. The van der Waals surface area contributed by atoms with Crippen LogP contribution < -0.4 is 0 Å². The third kappa shape index (κ3) is 42.5. The summed E-state index contributed by atoms with van der Waals surface area (Å²) in [4.78, 5) is 0. The van der Waals surface area contributed by atoms with Gasteiger partial charge in [-0.05, 0) is 232 Å². The Labute approximate surface area is 587 Å². The first kappa shape index (κ1) is 102. The summed E-state index contributed by atoms with van der Waals surface area (Å²) in [6, 6.07) is 0. The van der Waals surface area contributed by atoms with Gasteiger partial charge in [-0.25, -0.2) is 0 Å². The van der Waals surface area contributed by atoms with Crippen molar-refractivity contribution >= 4 is 0 Å². The fourth-order valence-corrected chi connectivity index (χ4v) is 16.5. The Hall–Kier alpha value is 0. The Bertz CT molecular complexity index is 1530. The highest BCUT2D eigenvalue weighted by Crippen LogP contribution is 2.59. The van der Waals surface area contributed by atoms with E-state index in [1.807, 2.05) is 83.1 Å². The maximum absolute atomic E-state index is 2.42. The van der Waals surface area contributed by atoms with E-state index in [-0.39, 0.29) is 0 Å². The highest BCUT2D eigenvalue weighted by Gasteiger charge is 2.50. The van der Waals surface area contributed by atoms with Crippen molar-refractivity contribution < 1.29 is 0 Å². The summed E-state index contributed by atoms with van der Waals surface area (Å²) in [6.07, 6.45) is 27.6. The van der Waals surface area contributed by atoms with Gasteiger partial charge in [0.2, 0.25) is 0 Å².